The number of halogens is 2. The zero-order valence-electron chi connectivity index (χ0n) is 26.4. The molecule has 0 aliphatic carbocycles. The van der Waals surface area contributed by atoms with E-state index in [4.69, 9.17) is 33.3 Å². The SMILES string of the molecule is O=C(O)CN[C@@H]1CCCn2nc(C(=O)Nc3cccc(-c4cccc(Nc5nccc6cc(CN7CC[C@@H](O)C7)cnc56)c4Cl)c3Cl)cc21. The number of nitrogens with one attached hydrogen (secondary N) is 3. The number of aromatic nitrogens is 4. The van der Waals surface area contributed by atoms with E-state index in [-0.39, 0.29) is 24.4 Å². The largest absolute Gasteiger partial charge is 0.480 e. The average molecular weight is 702 g/mol. The van der Waals surface area contributed by atoms with Crippen LogP contribution in [0, 0.1) is 0 Å². The quantitative estimate of drug-likeness (QED) is 0.119. The third-order valence-electron chi connectivity index (χ3n) is 8.86. The molecule has 5 aromatic rings. The minimum Gasteiger partial charge on any atom is -0.480 e. The third kappa shape index (κ3) is 7.10. The molecule has 12 nitrogen and oxygen atoms in total. The number of likely N-dealkylation sites (tertiary alicyclic amines) is 1. The predicted molar refractivity (Wildman–Crippen MR) is 188 cm³/mol. The van der Waals surface area contributed by atoms with Gasteiger partial charge in [-0.05, 0) is 55.2 Å². The number of hydrogen-bond acceptors (Lipinski definition) is 9. The first-order valence-corrected chi connectivity index (χ1v) is 16.8. The minimum atomic E-state index is -0.946. The first-order chi connectivity index (χ1) is 23.7. The second kappa shape index (κ2) is 14.1. The van der Waals surface area contributed by atoms with Crippen molar-refractivity contribution in [1.29, 1.82) is 0 Å². The molecule has 3 aromatic heterocycles. The van der Waals surface area contributed by atoms with Crippen molar-refractivity contribution in [2.24, 2.45) is 0 Å². The number of aliphatic carboxylic acids is 1. The zero-order valence-corrected chi connectivity index (χ0v) is 27.9. The highest BCUT2D eigenvalue weighted by Crippen LogP contribution is 2.41. The van der Waals surface area contributed by atoms with Gasteiger partial charge in [-0.1, -0.05) is 47.5 Å². The molecule has 0 radical (unpaired) electrons. The first-order valence-electron chi connectivity index (χ1n) is 16.1. The summed E-state index contributed by atoms with van der Waals surface area (Å²) in [4.78, 5) is 35.9. The van der Waals surface area contributed by atoms with E-state index in [2.05, 4.69) is 37.0 Å². The van der Waals surface area contributed by atoms with Gasteiger partial charge in [-0.25, -0.2) is 4.98 Å². The van der Waals surface area contributed by atoms with Crippen molar-refractivity contribution < 1.29 is 19.8 Å². The van der Waals surface area contributed by atoms with Crippen LogP contribution < -0.4 is 16.0 Å². The fourth-order valence-corrected chi connectivity index (χ4v) is 7.05. The standard InChI is InChI=1S/C35H34Cl2N8O4/c36-31-23(4-1-6-26(31)41-34-33-21(9-11-38-34)14-20(16-40-33)18-44-13-10-22(46)19-44)24-5-2-7-27(32(24)37)42-35(49)28-15-29-25(39-17-30(47)48)8-3-12-45(29)43-28/h1-2,4-7,9,11,14-16,22,25,39,46H,3,8,10,12-13,17-19H2,(H,38,41)(H,42,49)(H,47,48)/t22-,25-/m1/s1. The van der Waals surface area contributed by atoms with Crippen molar-refractivity contribution in [3.8, 4) is 11.1 Å². The Labute approximate surface area is 292 Å². The summed E-state index contributed by atoms with van der Waals surface area (Å²) in [6.07, 6.45) is 5.64. The molecule has 7 rings (SSSR count). The van der Waals surface area contributed by atoms with Gasteiger partial charge in [0.05, 0.1) is 39.8 Å². The van der Waals surface area contributed by atoms with Gasteiger partial charge in [-0.2, -0.15) is 5.10 Å². The Morgan fingerprint density at radius 2 is 1.73 bits per heavy atom. The van der Waals surface area contributed by atoms with Crippen molar-refractivity contribution in [2.45, 2.75) is 44.5 Å². The van der Waals surface area contributed by atoms with Crippen molar-refractivity contribution in [2.75, 3.05) is 30.3 Å². The summed E-state index contributed by atoms with van der Waals surface area (Å²) in [5.41, 5.74) is 5.01. The average Bonchev–Trinajstić information content (AvgIpc) is 3.72. The lowest BCUT2D eigenvalue weighted by Crippen LogP contribution is -2.31. The number of carbonyl (C=O) groups excluding carboxylic acids is 1. The summed E-state index contributed by atoms with van der Waals surface area (Å²) in [6, 6.07) is 16.4. The molecule has 0 saturated carbocycles. The fourth-order valence-electron chi connectivity index (χ4n) is 6.50. The number of carboxylic acids is 1. The molecule has 252 valence electrons. The number of carbonyl (C=O) groups is 2. The number of benzene rings is 2. The lowest BCUT2D eigenvalue weighted by atomic mass is 10.0. The number of anilines is 3. The summed E-state index contributed by atoms with van der Waals surface area (Å²) in [7, 11) is 0. The van der Waals surface area contributed by atoms with Crippen LogP contribution in [0.5, 0.6) is 0 Å². The highest BCUT2D eigenvalue weighted by molar-refractivity contribution is 6.39. The van der Waals surface area contributed by atoms with Gasteiger partial charge in [-0.15, -0.1) is 0 Å². The molecule has 2 aromatic carbocycles. The van der Waals surface area contributed by atoms with Gasteiger partial charge < -0.3 is 20.8 Å². The molecule has 0 spiro atoms. The second-order valence-electron chi connectivity index (χ2n) is 12.3. The number of hydrogen-bond donors (Lipinski definition) is 5. The van der Waals surface area contributed by atoms with Crippen LogP contribution in [0.2, 0.25) is 10.0 Å². The molecule has 1 fully saturated rings. The molecule has 1 amide bonds. The smallest absolute Gasteiger partial charge is 0.317 e. The van der Waals surface area contributed by atoms with Gasteiger partial charge in [0.1, 0.15) is 5.52 Å². The lowest BCUT2D eigenvalue weighted by Gasteiger charge is -2.23. The Bertz CT molecular complexity index is 2050. The summed E-state index contributed by atoms with van der Waals surface area (Å²) < 4.78 is 1.74. The van der Waals surface area contributed by atoms with Crippen LogP contribution in [0.3, 0.4) is 0 Å². The topological polar surface area (TPSA) is 158 Å². The van der Waals surface area contributed by atoms with Crippen LogP contribution in [-0.4, -0.2) is 72.5 Å². The summed E-state index contributed by atoms with van der Waals surface area (Å²) in [6.45, 7) is 2.70. The maximum Gasteiger partial charge on any atom is 0.317 e. The molecular weight excluding hydrogens is 667 g/mol. The number of aliphatic hydroxyl groups is 1. The number of fused-ring (bicyclic) bond motifs is 2. The van der Waals surface area contributed by atoms with Crippen LogP contribution in [0.1, 0.15) is 47.1 Å². The van der Waals surface area contributed by atoms with Crippen molar-refractivity contribution in [1.82, 2.24) is 30.0 Å². The van der Waals surface area contributed by atoms with E-state index in [1.165, 1.54) is 0 Å². The van der Waals surface area contributed by atoms with Gasteiger partial charge in [0.25, 0.3) is 5.91 Å². The molecule has 0 bridgehead atoms. The maximum atomic E-state index is 13.3. The van der Waals surface area contributed by atoms with Gasteiger partial charge in [0, 0.05) is 61.1 Å². The normalized spacial score (nSPS) is 17.6. The number of nitrogens with zero attached hydrogens (tertiary/aromatic N) is 5. The Morgan fingerprint density at radius 1 is 0.959 bits per heavy atom. The van der Waals surface area contributed by atoms with Crippen molar-refractivity contribution in [3.63, 3.8) is 0 Å². The molecule has 0 unspecified atom stereocenters. The van der Waals surface area contributed by atoms with Crippen LogP contribution >= 0.6 is 23.2 Å². The molecule has 5 N–H and O–H groups in total. The van der Waals surface area contributed by atoms with Gasteiger partial charge in [-0.3, -0.25) is 29.5 Å². The van der Waals surface area contributed by atoms with E-state index < -0.39 is 11.9 Å². The highest BCUT2D eigenvalue weighted by atomic mass is 35.5. The zero-order chi connectivity index (χ0) is 34.1. The number of aryl methyl sites for hydroxylation is 1. The van der Waals surface area contributed by atoms with Crippen LogP contribution in [-0.2, 0) is 17.9 Å². The fraction of sp³-hybridized carbons (Fsp3) is 0.286. The Morgan fingerprint density at radius 3 is 2.49 bits per heavy atom. The van der Waals surface area contributed by atoms with E-state index >= 15 is 0 Å². The Hall–Kier alpha value is -4.59. The van der Waals surface area contributed by atoms with Crippen molar-refractivity contribution >= 4 is 63.2 Å². The first kappa shape index (κ1) is 32.9. The molecular formula is C35H34Cl2N8O4. The number of β-amino-alcohol motifs (C(OH)–C–C–N with tert-alkyl or cyclic N) is 1. The molecule has 14 heteroatoms. The van der Waals surface area contributed by atoms with Crippen LogP contribution in [0.4, 0.5) is 17.2 Å². The van der Waals surface area contributed by atoms with Crippen molar-refractivity contribution in [3.05, 3.63) is 94.0 Å². The number of amides is 1. The summed E-state index contributed by atoms with van der Waals surface area (Å²) in [5.74, 6) is -0.831. The molecule has 49 heavy (non-hydrogen) atoms. The van der Waals surface area contributed by atoms with E-state index in [0.29, 0.717) is 57.0 Å². The summed E-state index contributed by atoms with van der Waals surface area (Å²) in [5, 5.41) is 34.3. The number of rotatable bonds is 10. The monoisotopic (exact) mass is 700 g/mol. The van der Waals surface area contributed by atoms with Gasteiger partial charge in [0.15, 0.2) is 11.5 Å². The molecule has 5 heterocycles. The Balaban J connectivity index is 1.10. The Kier molecular flexibility index (Phi) is 9.48. The molecule has 2 aliphatic heterocycles. The minimum absolute atomic E-state index is 0.179. The van der Waals surface area contributed by atoms with E-state index in [1.54, 1.807) is 29.1 Å². The highest BCUT2D eigenvalue weighted by Gasteiger charge is 2.26. The molecule has 2 aliphatic rings. The lowest BCUT2D eigenvalue weighted by molar-refractivity contribution is -0.136. The second-order valence-corrected chi connectivity index (χ2v) is 13.1. The molecule has 1 saturated heterocycles. The predicted octanol–water partition coefficient (Wildman–Crippen LogP) is 5.87. The van der Waals surface area contributed by atoms with Gasteiger partial charge >= 0.3 is 5.97 Å². The van der Waals surface area contributed by atoms with E-state index in [0.717, 1.165) is 49.0 Å². The van der Waals surface area contributed by atoms with Crippen LogP contribution in [0.15, 0.2) is 67.0 Å². The molecule has 2 atom stereocenters. The summed E-state index contributed by atoms with van der Waals surface area (Å²) >= 11 is 13.9. The van der Waals surface area contributed by atoms with Crippen LogP contribution in [0.25, 0.3) is 22.0 Å². The third-order valence-corrected chi connectivity index (χ3v) is 9.68. The van der Waals surface area contributed by atoms with Gasteiger partial charge in [0.2, 0.25) is 0 Å². The number of aliphatic hydroxyl groups excluding tert-OH is 1. The van der Waals surface area contributed by atoms with E-state index in [9.17, 15) is 14.7 Å². The number of pyridine rings is 2. The maximum absolute atomic E-state index is 13.3. The van der Waals surface area contributed by atoms with E-state index in [1.807, 2.05) is 36.5 Å². The number of carboxylic acid groups (broad SMARTS) is 1.